The van der Waals surface area contributed by atoms with Crippen LogP contribution in [0.4, 0.5) is 11.4 Å². The zero-order chi connectivity index (χ0) is 31.6. The lowest BCUT2D eigenvalue weighted by molar-refractivity contribution is -0.174. The van der Waals surface area contributed by atoms with E-state index in [1.165, 1.54) is 0 Å². The summed E-state index contributed by atoms with van der Waals surface area (Å²) in [5, 5.41) is 48.4. The molecule has 2 aromatic rings. The van der Waals surface area contributed by atoms with Crippen LogP contribution in [0.25, 0.3) is 5.76 Å². The summed E-state index contributed by atoms with van der Waals surface area (Å²) in [5.74, 6) is -7.32. The molecule has 5 atom stereocenters. The zero-order valence-electron chi connectivity index (χ0n) is 25.0. The Kier molecular flexibility index (Phi) is 7.81. The molecular formula is C32H39N3O7S. The number of fused-ring (bicyclic) bond motifs is 3. The first-order chi connectivity index (χ1) is 20.1. The number of Topliss-reactive ketones (excluding diaryl/α,β-unsaturated/α-hetero) is 2. The Labute approximate surface area is 255 Å². The first kappa shape index (κ1) is 30.9. The standard InChI is InChI=1S/C32H39N3O7S/c1-31(2,3)43-22-9-7-6-8-15(22)14-34-19-13-20(35(4)5)18-11-16-10-17-12-21(36)25(30(33)41)29(40)32(17,42)28(39)23(16)27(38)24(18)26(19)37/h6-9,13,16-17,21,25,34,36-38,42H,10-12,14H2,1-5H3,(H2,33,41)/t16-,17+,21?,25?,32+/m1/s1. The van der Waals surface area contributed by atoms with Crippen molar-refractivity contribution in [1.29, 1.82) is 0 Å². The van der Waals surface area contributed by atoms with Crippen LogP contribution in [0.5, 0.6) is 5.75 Å². The lowest BCUT2D eigenvalue weighted by atomic mass is 9.56. The SMILES string of the molecule is CN(C)c1cc(NCc2ccccc2SC(C)(C)C)c(O)c2c1C[C@H]1C[C@H]3CC(O)C(C(N)=O)C(=O)[C@@]3(O)C(=O)C1=C2O. The van der Waals surface area contributed by atoms with Crippen LogP contribution >= 0.6 is 11.8 Å². The van der Waals surface area contributed by atoms with E-state index in [0.717, 1.165) is 16.1 Å². The summed E-state index contributed by atoms with van der Waals surface area (Å²) in [4.78, 5) is 42.0. The average molecular weight is 610 g/mol. The van der Waals surface area contributed by atoms with E-state index in [4.69, 9.17) is 5.73 Å². The lowest BCUT2D eigenvalue weighted by Crippen LogP contribution is -2.66. The summed E-state index contributed by atoms with van der Waals surface area (Å²) in [5.41, 5.74) is 5.33. The number of anilines is 2. The van der Waals surface area contributed by atoms with Crippen LogP contribution in [-0.4, -0.2) is 68.4 Å². The number of phenols is 1. The van der Waals surface area contributed by atoms with Crippen molar-refractivity contribution in [2.45, 2.75) is 67.9 Å². The molecular weight excluding hydrogens is 570 g/mol. The molecule has 0 spiro atoms. The number of aliphatic hydroxyl groups excluding tert-OH is 2. The number of carbonyl (C=O) groups excluding carboxylic acids is 3. The Morgan fingerprint density at radius 2 is 1.84 bits per heavy atom. The van der Waals surface area contributed by atoms with Gasteiger partial charge in [-0.2, -0.15) is 0 Å². The fraction of sp³-hybridized carbons (Fsp3) is 0.469. The van der Waals surface area contributed by atoms with Crippen LogP contribution in [0.15, 0.2) is 40.8 Å². The van der Waals surface area contributed by atoms with Gasteiger partial charge in [0, 0.05) is 47.5 Å². The zero-order valence-corrected chi connectivity index (χ0v) is 25.8. The maximum Gasteiger partial charge on any atom is 0.230 e. The quantitative estimate of drug-likeness (QED) is 0.162. The highest BCUT2D eigenvalue weighted by Crippen LogP contribution is 2.53. The number of carbonyl (C=O) groups is 3. The van der Waals surface area contributed by atoms with Gasteiger partial charge < -0.3 is 36.4 Å². The number of aromatic hydroxyl groups is 1. The molecule has 10 nitrogen and oxygen atoms in total. The van der Waals surface area contributed by atoms with E-state index in [1.54, 1.807) is 17.8 Å². The number of rotatable bonds is 6. The molecule has 0 radical (unpaired) electrons. The van der Waals surface area contributed by atoms with E-state index in [9.17, 15) is 34.8 Å². The van der Waals surface area contributed by atoms with Gasteiger partial charge in [0.25, 0.3) is 0 Å². The van der Waals surface area contributed by atoms with Crippen LogP contribution in [0, 0.1) is 17.8 Å². The molecule has 2 saturated carbocycles. The minimum Gasteiger partial charge on any atom is -0.507 e. The van der Waals surface area contributed by atoms with Gasteiger partial charge in [-0.05, 0) is 48.4 Å². The largest absolute Gasteiger partial charge is 0.507 e. The number of ketones is 2. The number of nitrogens with one attached hydrogen (secondary N) is 1. The maximum absolute atomic E-state index is 13.9. The van der Waals surface area contributed by atoms with Gasteiger partial charge in [0.1, 0.15) is 17.4 Å². The van der Waals surface area contributed by atoms with Crippen LogP contribution < -0.4 is 16.0 Å². The molecule has 0 aliphatic heterocycles. The van der Waals surface area contributed by atoms with E-state index in [0.29, 0.717) is 17.8 Å². The van der Waals surface area contributed by atoms with Crippen LogP contribution in [0.2, 0.25) is 0 Å². The van der Waals surface area contributed by atoms with Crippen LogP contribution in [0.3, 0.4) is 0 Å². The van der Waals surface area contributed by atoms with Crippen molar-refractivity contribution < 1.29 is 34.8 Å². The second-order valence-electron chi connectivity index (χ2n) is 13.0. The predicted octanol–water partition coefficient (Wildman–Crippen LogP) is 3.16. The van der Waals surface area contributed by atoms with Crippen molar-refractivity contribution in [2.75, 3.05) is 24.3 Å². The molecule has 3 aliphatic rings. The van der Waals surface area contributed by atoms with Gasteiger partial charge in [0.05, 0.1) is 17.4 Å². The molecule has 2 unspecified atom stereocenters. The predicted molar refractivity (Wildman–Crippen MR) is 165 cm³/mol. The molecule has 1 amide bonds. The van der Waals surface area contributed by atoms with Gasteiger partial charge in [-0.25, -0.2) is 0 Å². The highest BCUT2D eigenvalue weighted by molar-refractivity contribution is 8.00. The molecule has 2 aromatic carbocycles. The molecule has 7 N–H and O–H groups in total. The van der Waals surface area contributed by atoms with Crippen molar-refractivity contribution in [2.24, 2.45) is 23.5 Å². The number of nitrogens with zero attached hydrogens (tertiary/aromatic N) is 1. The van der Waals surface area contributed by atoms with Crippen molar-refractivity contribution in [3.63, 3.8) is 0 Å². The highest BCUT2D eigenvalue weighted by Gasteiger charge is 2.64. The molecule has 0 aromatic heterocycles. The molecule has 230 valence electrons. The Hall–Kier alpha value is -3.54. The van der Waals surface area contributed by atoms with E-state index in [2.05, 4.69) is 26.1 Å². The molecule has 3 aliphatic carbocycles. The van der Waals surface area contributed by atoms with E-state index in [-0.39, 0.29) is 40.9 Å². The molecule has 5 rings (SSSR count). The molecule has 0 heterocycles. The normalized spacial score (nSPS) is 26.9. The number of phenolic OH excluding ortho intramolecular Hbond substituents is 1. The third kappa shape index (κ3) is 5.17. The van der Waals surface area contributed by atoms with Gasteiger partial charge >= 0.3 is 0 Å². The summed E-state index contributed by atoms with van der Waals surface area (Å²) >= 11 is 1.73. The number of amides is 1. The van der Waals surface area contributed by atoms with Crippen molar-refractivity contribution in [3.05, 3.63) is 52.6 Å². The summed E-state index contributed by atoms with van der Waals surface area (Å²) in [7, 11) is 3.68. The third-order valence-corrected chi connectivity index (χ3v) is 9.93. The number of thioether (sulfide) groups is 1. The summed E-state index contributed by atoms with van der Waals surface area (Å²) in [6, 6.07) is 9.77. The Morgan fingerprint density at radius 1 is 1.16 bits per heavy atom. The van der Waals surface area contributed by atoms with Gasteiger partial charge in [-0.1, -0.05) is 39.0 Å². The first-order valence-electron chi connectivity index (χ1n) is 14.4. The van der Waals surface area contributed by atoms with E-state index < -0.39 is 52.7 Å². The summed E-state index contributed by atoms with van der Waals surface area (Å²) < 4.78 is -0.0124. The number of aliphatic hydroxyl groups is 3. The Balaban J connectivity index is 1.57. The number of benzene rings is 2. The molecule has 0 bridgehead atoms. The monoisotopic (exact) mass is 609 g/mol. The second kappa shape index (κ2) is 10.9. The van der Waals surface area contributed by atoms with Gasteiger partial charge in [0.15, 0.2) is 11.4 Å². The summed E-state index contributed by atoms with van der Waals surface area (Å²) in [6.07, 6.45) is -1.21. The molecule has 43 heavy (non-hydrogen) atoms. The molecule has 11 heteroatoms. The third-order valence-electron chi connectivity index (χ3n) is 8.70. The minimum absolute atomic E-state index is 0.0124. The Bertz CT molecular complexity index is 1550. The smallest absolute Gasteiger partial charge is 0.230 e. The van der Waals surface area contributed by atoms with E-state index >= 15 is 0 Å². The van der Waals surface area contributed by atoms with Crippen molar-refractivity contribution in [1.82, 2.24) is 0 Å². The lowest BCUT2D eigenvalue weighted by Gasteiger charge is -2.48. The number of hydrogen-bond acceptors (Lipinski definition) is 10. The minimum atomic E-state index is -2.61. The van der Waals surface area contributed by atoms with Crippen LogP contribution in [-0.2, 0) is 27.3 Å². The van der Waals surface area contributed by atoms with E-state index in [1.807, 2.05) is 43.3 Å². The topological polar surface area (TPSA) is 173 Å². The second-order valence-corrected chi connectivity index (χ2v) is 14.8. The summed E-state index contributed by atoms with van der Waals surface area (Å²) in [6.45, 7) is 6.77. The van der Waals surface area contributed by atoms with Crippen molar-refractivity contribution >= 4 is 46.4 Å². The number of hydrogen-bond donors (Lipinski definition) is 6. The number of nitrogens with two attached hydrogens (primary N) is 1. The fourth-order valence-corrected chi connectivity index (χ4v) is 7.85. The maximum atomic E-state index is 13.9. The van der Waals surface area contributed by atoms with Gasteiger partial charge in [0.2, 0.25) is 11.7 Å². The van der Waals surface area contributed by atoms with Crippen molar-refractivity contribution in [3.8, 4) is 5.75 Å². The molecule has 0 saturated heterocycles. The van der Waals surface area contributed by atoms with Gasteiger partial charge in [-0.15, -0.1) is 11.8 Å². The molecule has 2 fully saturated rings. The fourth-order valence-electron chi connectivity index (χ4n) is 6.78. The first-order valence-corrected chi connectivity index (χ1v) is 15.2. The van der Waals surface area contributed by atoms with Crippen LogP contribution in [0.1, 0.15) is 50.3 Å². The van der Waals surface area contributed by atoms with Gasteiger partial charge in [-0.3, -0.25) is 14.4 Å². The highest BCUT2D eigenvalue weighted by atomic mass is 32.2. The average Bonchev–Trinajstić information content (AvgIpc) is 2.89. The Morgan fingerprint density at radius 3 is 2.47 bits per heavy atom. The number of primary amides is 1.